The third-order valence-corrected chi connectivity index (χ3v) is 4.93. The molecule has 8 heteroatoms. The lowest BCUT2D eigenvalue weighted by molar-refractivity contribution is 0.0173. The summed E-state index contributed by atoms with van der Waals surface area (Å²) in [5.41, 5.74) is 1.04. The number of benzene rings is 1. The lowest BCUT2D eigenvalue weighted by Gasteiger charge is -2.36. The van der Waals surface area contributed by atoms with Gasteiger partial charge in [-0.3, -0.25) is 4.90 Å². The van der Waals surface area contributed by atoms with Crippen LogP contribution < -0.4 is 0 Å². The predicted molar refractivity (Wildman–Crippen MR) is 116 cm³/mol. The standard InChI is InChI=1S/C22H28BrN3O4/c1-21(2,3)29-19(27)25-11-10-16-17(18(25)14-8-7-9-15(23)12-14)24-13-26(16)20(28)30-22(4,5)6/h7-9,12-13,18H,10-11H2,1-6H3. The van der Waals surface area contributed by atoms with Crippen LogP contribution in [0.15, 0.2) is 35.1 Å². The lowest BCUT2D eigenvalue weighted by Crippen LogP contribution is -2.44. The van der Waals surface area contributed by atoms with E-state index in [4.69, 9.17) is 9.47 Å². The van der Waals surface area contributed by atoms with Gasteiger partial charge in [-0.2, -0.15) is 0 Å². The number of hydrogen-bond acceptors (Lipinski definition) is 5. The van der Waals surface area contributed by atoms with Gasteiger partial charge in [0.25, 0.3) is 0 Å². The number of aromatic nitrogens is 2. The molecule has 1 unspecified atom stereocenters. The minimum absolute atomic E-state index is 0.396. The predicted octanol–water partition coefficient (Wildman–Crippen LogP) is 5.31. The summed E-state index contributed by atoms with van der Waals surface area (Å²) in [6, 6.07) is 7.25. The van der Waals surface area contributed by atoms with Crippen molar-refractivity contribution in [2.75, 3.05) is 6.54 Å². The van der Waals surface area contributed by atoms with Gasteiger partial charge < -0.3 is 9.47 Å². The Morgan fingerprint density at radius 2 is 1.70 bits per heavy atom. The molecule has 2 heterocycles. The van der Waals surface area contributed by atoms with Crippen LogP contribution in [-0.2, 0) is 15.9 Å². The minimum atomic E-state index is -0.616. The molecule has 2 aromatic rings. The first-order valence-electron chi connectivity index (χ1n) is 9.90. The second kappa shape index (κ2) is 8.06. The maximum atomic E-state index is 13.0. The molecule has 30 heavy (non-hydrogen) atoms. The molecule has 0 N–H and O–H groups in total. The SMILES string of the molecule is CC(C)(C)OC(=O)N1CCc2c(ncn2C(=O)OC(C)(C)C)C1c1cccc(Br)c1. The monoisotopic (exact) mass is 477 g/mol. The van der Waals surface area contributed by atoms with Crippen LogP contribution in [0.3, 0.4) is 0 Å². The molecule has 162 valence electrons. The first kappa shape index (κ1) is 22.3. The molecule has 0 aliphatic carbocycles. The molecule has 0 bridgehead atoms. The molecule has 0 saturated heterocycles. The van der Waals surface area contributed by atoms with Gasteiger partial charge in [0.05, 0.1) is 11.4 Å². The van der Waals surface area contributed by atoms with Crippen molar-refractivity contribution < 1.29 is 19.1 Å². The van der Waals surface area contributed by atoms with Gasteiger partial charge in [0, 0.05) is 17.4 Å². The summed E-state index contributed by atoms with van der Waals surface area (Å²) in [6.45, 7) is 11.4. The quantitative estimate of drug-likeness (QED) is 0.556. The Morgan fingerprint density at radius 1 is 1.07 bits per heavy atom. The highest BCUT2D eigenvalue weighted by Crippen LogP contribution is 2.36. The third-order valence-electron chi connectivity index (χ3n) is 4.44. The number of halogens is 1. The maximum absolute atomic E-state index is 13.0. The van der Waals surface area contributed by atoms with E-state index < -0.39 is 29.4 Å². The normalized spacial score (nSPS) is 16.8. The van der Waals surface area contributed by atoms with E-state index >= 15 is 0 Å². The van der Waals surface area contributed by atoms with Gasteiger partial charge in [0.2, 0.25) is 0 Å². The molecule has 0 radical (unpaired) electrons. The molecule has 0 fully saturated rings. The van der Waals surface area contributed by atoms with Crippen molar-refractivity contribution in [2.24, 2.45) is 0 Å². The zero-order valence-corrected chi connectivity index (χ0v) is 19.8. The number of carbonyl (C=O) groups excluding carboxylic acids is 2. The Hall–Kier alpha value is -2.35. The van der Waals surface area contributed by atoms with E-state index in [1.54, 1.807) is 4.90 Å². The lowest BCUT2D eigenvalue weighted by atomic mass is 9.96. The molecule has 1 aromatic carbocycles. The van der Waals surface area contributed by atoms with Crippen LogP contribution in [0.25, 0.3) is 0 Å². The Kier molecular flexibility index (Phi) is 6.00. The van der Waals surface area contributed by atoms with Gasteiger partial charge in [-0.05, 0) is 59.2 Å². The fourth-order valence-electron chi connectivity index (χ4n) is 3.37. The molecule has 1 aliphatic rings. The number of rotatable bonds is 1. The van der Waals surface area contributed by atoms with Crippen LogP contribution in [0, 0.1) is 0 Å². The summed E-state index contributed by atoms with van der Waals surface area (Å²) in [6.07, 6.45) is 1.06. The van der Waals surface area contributed by atoms with Crippen molar-refractivity contribution in [1.82, 2.24) is 14.5 Å². The molecule has 0 saturated carbocycles. The Labute approximate surface area is 185 Å². The summed E-state index contributed by atoms with van der Waals surface area (Å²) in [5, 5.41) is 0. The number of hydrogen-bond donors (Lipinski definition) is 0. The first-order valence-corrected chi connectivity index (χ1v) is 10.7. The fourth-order valence-corrected chi connectivity index (χ4v) is 3.78. The zero-order chi connectivity index (χ0) is 22.3. The third kappa shape index (κ3) is 5.03. The van der Waals surface area contributed by atoms with Crippen molar-refractivity contribution in [1.29, 1.82) is 0 Å². The van der Waals surface area contributed by atoms with Gasteiger partial charge in [0.15, 0.2) is 0 Å². The van der Waals surface area contributed by atoms with Gasteiger partial charge in [0.1, 0.15) is 23.6 Å². The Morgan fingerprint density at radius 3 is 2.30 bits per heavy atom. The van der Waals surface area contributed by atoms with E-state index in [0.717, 1.165) is 15.7 Å². The topological polar surface area (TPSA) is 73.7 Å². The van der Waals surface area contributed by atoms with E-state index in [0.29, 0.717) is 18.7 Å². The van der Waals surface area contributed by atoms with Crippen molar-refractivity contribution in [2.45, 2.75) is 65.2 Å². The summed E-state index contributed by atoms with van der Waals surface area (Å²) < 4.78 is 13.5. The number of imidazole rings is 1. The minimum Gasteiger partial charge on any atom is -0.444 e. The molecule has 1 atom stereocenters. The van der Waals surface area contributed by atoms with Crippen molar-refractivity contribution in [3.63, 3.8) is 0 Å². The Bertz CT molecular complexity index is 956. The van der Waals surface area contributed by atoms with E-state index in [1.165, 1.54) is 10.9 Å². The van der Waals surface area contributed by atoms with Gasteiger partial charge in [-0.1, -0.05) is 28.1 Å². The summed E-state index contributed by atoms with van der Waals surface area (Å²) in [4.78, 5) is 31.9. The summed E-state index contributed by atoms with van der Waals surface area (Å²) in [7, 11) is 0. The van der Waals surface area contributed by atoms with Crippen LogP contribution in [0.5, 0.6) is 0 Å². The molecule has 1 aromatic heterocycles. The average molecular weight is 478 g/mol. The number of carbonyl (C=O) groups is 2. The van der Waals surface area contributed by atoms with Crippen LogP contribution in [-0.4, -0.2) is 44.4 Å². The van der Waals surface area contributed by atoms with E-state index in [9.17, 15) is 9.59 Å². The zero-order valence-electron chi connectivity index (χ0n) is 18.2. The van der Waals surface area contributed by atoms with Crippen LogP contribution >= 0.6 is 15.9 Å². The fraction of sp³-hybridized carbons (Fsp3) is 0.500. The van der Waals surface area contributed by atoms with Crippen LogP contribution in [0.1, 0.15) is 64.5 Å². The molecule has 1 aliphatic heterocycles. The summed E-state index contributed by atoms with van der Waals surface area (Å²) in [5.74, 6) is 0. The maximum Gasteiger partial charge on any atom is 0.420 e. The van der Waals surface area contributed by atoms with Gasteiger partial charge >= 0.3 is 12.2 Å². The van der Waals surface area contributed by atoms with E-state index in [2.05, 4.69) is 20.9 Å². The molecular weight excluding hydrogens is 450 g/mol. The number of fused-ring (bicyclic) bond motifs is 1. The van der Waals surface area contributed by atoms with Gasteiger partial charge in [-0.25, -0.2) is 19.1 Å². The highest BCUT2D eigenvalue weighted by Gasteiger charge is 2.38. The van der Waals surface area contributed by atoms with Crippen LogP contribution in [0.2, 0.25) is 0 Å². The molecular formula is C22H28BrN3O4. The second-order valence-electron chi connectivity index (χ2n) is 9.31. The highest BCUT2D eigenvalue weighted by molar-refractivity contribution is 9.10. The first-order chi connectivity index (χ1) is 13.9. The largest absolute Gasteiger partial charge is 0.444 e. The average Bonchev–Trinajstić information content (AvgIpc) is 3.02. The van der Waals surface area contributed by atoms with Crippen molar-refractivity contribution in [3.05, 3.63) is 52.0 Å². The highest BCUT2D eigenvalue weighted by atomic mass is 79.9. The Balaban J connectivity index is 2.04. The van der Waals surface area contributed by atoms with Crippen molar-refractivity contribution >= 4 is 28.1 Å². The molecule has 7 nitrogen and oxygen atoms in total. The second-order valence-corrected chi connectivity index (χ2v) is 10.2. The van der Waals surface area contributed by atoms with E-state index in [1.807, 2.05) is 65.8 Å². The molecule has 1 amide bonds. The molecule has 0 spiro atoms. The van der Waals surface area contributed by atoms with E-state index in [-0.39, 0.29) is 0 Å². The number of amides is 1. The van der Waals surface area contributed by atoms with Gasteiger partial charge in [-0.15, -0.1) is 0 Å². The number of nitrogens with zero attached hydrogens (tertiary/aromatic N) is 3. The summed E-state index contributed by atoms with van der Waals surface area (Å²) >= 11 is 3.50. The smallest absolute Gasteiger partial charge is 0.420 e. The van der Waals surface area contributed by atoms with Crippen LogP contribution in [0.4, 0.5) is 9.59 Å². The molecule has 3 rings (SSSR count). The van der Waals surface area contributed by atoms with Crippen molar-refractivity contribution in [3.8, 4) is 0 Å². The number of ether oxygens (including phenoxy) is 2.